The maximum atomic E-state index is 12.3. The Morgan fingerprint density at radius 2 is 1.96 bits per heavy atom. The summed E-state index contributed by atoms with van der Waals surface area (Å²) < 4.78 is 0. The molecule has 1 aromatic heterocycles. The number of carbonyl (C=O) groups excluding carboxylic acids is 1. The average Bonchev–Trinajstić information content (AvgIpc) is 3.02. The number of hydrogen-bond acceptors (Lipinski definition) is 4. The first-order valence-corrected chi connectivity index (χ1v) is 10.5. The number of thiazole rings is 1. The fourth-order valence-electron chi connectivity index (χ4n) is 4.14. The van der Waals surface area contributed by atoms with E-state index in [1.807, 2.05) is 11.3 Å². The van der Waals surface area contributed by atoms with Crippen molar-refractivity contribution in [2.45, 2.75) is 77.0 Å². The molecule has 1 aromatic rings. The number of nitrogens with one attached hydrogen (secondary N) is 1. The van der Waals surface area contributed by atoms with Gasteiger partial charge >= 0.3 is 0 Å². The quantitative estimate of drug-likeness (QED) is 0.742. The number of hydrogen-bond donors (Lipinski definition) is 2. The van der Waals surface area contributed by atoms with Crippen LogP contribution in [0, 0.1) is 5.41 Å². The Hall–Kier alpha value is -0.940. The van der Waals surface area contributed by atoms with E-state index in [9.17, 15) is 4.79 Å². The molecule has 0 atom stereocenters. The van der Waals surface area contributed by atoms with Crippen molar-refractivity contribution in [3.63, 3.8) is 0 Å². The van der Waals surface area contributed by atoms with E-state index in [0.29, 0.717) is 13.0 Å². The van der Waals surface area contributed by atoms with Crippen molar-refractivity contribution in [3.8, 4) is 0 Å². The molecule has 0 radical (unpaired) electrons. The van der Waals surface area contributed by atoms with Gasteiger partial charge < -0.3 is 11.1 Å². The lowest BCUT2D eigenvalue weighted by molar-refractivity contribution is -0.123. The van der Waals surface area contributed by atoms with Gasteiger partial charge in [-0.15, -0.1) is 11.3 Å². The van der Waals surface area contributed by atoms with E-state index in [2.05, 4.69) is 5.32 Å². The third kappa shape index (κ3) is 4.57. The predicted octanol–water partition coefficient (Wildman–Crippen LogP) is 3.37. The van der Waals surface area contributed by atoms with Crippen LogP contribution in [0.4, 0.5) is 0 Å². The second kappa shape index (κ2) is 8.43. The Labute approximate surface area is 149 Å². The molecule has 2 aliphatic rings. The molecule has 1 amide bonds. The first kappa shape index (κ1) is 17.9. The summed E-state index contributed by atoms with van der Waals surface area (Å²) in [7, 11) is 0. The molecule has 134 valence electrons. The standard InChI is InChI=1S/C19H31N3OS/c20-14-19(10-4-1-5-11-19)13-17(23)21-12-6-9-18-22-15-7-2-3-8-16(15)24-18/h1-14,20H2,(H,21,23). The van der Waals surface area contributed by atoms with Gasteiger partial charge in [-0.1, -0.05) is 19.3 Å². The Kier molecular flexibility index (Phi) is 6.28. The van der Waals surface area contributed by atoms with Crippen LogP contribution >= 0.6 is 11.3 Å². The van der Waals surface area contributed by atoms with Crippen LogP contribution in [0.5, 0.6) is 0 Å². The lowest BCUT2D eigenvalue weighted by atomic mass is 9.71. The first-order chi connectivity index (χ1) is 11.7. The minimum absolute atomic E-state index is 0.0662. The number of aromatic nitrogens is 1. The summed E-state index contributed by atoms with van der Waals surface area (Å²) in [5.41, 5.74) is 7.38. The van der Waals surface area contributed by atoms with E-state index in [0.717, 1.165) is 38.6 Å². The summed E-state index contributed by atoms with van der Waals surface area (Å²) in [4.78, 5) is 18.5. The van der Waals surface area contributed by atoms with Crippen molar-refractivity contribution in [2.75, 3.05) is 13.1 Å². The van der Waals surface area contributed by atoms with Crippen LogP contribution in [-0.2, 0) is 24.1 Å². The van der Waals surface area contributed by atoms with Gasteiger partial charge in [0.1, 0.15) is 0 Å². The molecule has 1 heterocycles. The summed E-state index contributed by atoms with van der Waals surface area (Å²) in [6.45, 7) is 1.40. The molecule has 1 saturated carbocycles. The van der Waals surface area contributed by atoms with Gasteiger partial charge in [-0.2, -0.15) is 0 Å². The Morgan fingerprint density at radius 3 is 2.71 bits per heavy atom. The summed E-state index contributed by atoms with van der Waals surface area (Å²) in [6, 6.07) is 0. The number of fused-ring (bicyclic) bond motifs is 1. The van der Waals surface area contributed by atoms with Crippen molar-refractivity contribution < 1.29 is 4.79 Å². The molecule has 3 N–H and O–H groups in total. The van der Waals surface area contributed by atoms with Crippen molar-refractivity contribution in [1.82, 2.24) is 10.3 Å². The van der Waals surface area contributed by atoms with Crippen LogP contribution in [0.15, 0.2) is 0 Å². The van der Waals surface area contributed by atoms with Gasteiger partial charge in [0.25, 0.3) is 0 Å². The Morgan fingerprint density at radius 1 is 1.17 bits per heavy atom. The topological polar surface area (TPSA) is 68.0 Å². The number of aryl methyl sites for hydroxylation is 3. The molecule has 0 saturated heterocycles. The van der Waals surface area contributed by atoms with Crippen molar-refractivity contribution in [2.24, 2.45) is 11.1 Å². The minimum atomic E-state index is 0.0662. The molecule has 24 heavy (non-hydrogen) atoms. The molecular weight excluding hydrogens is 318 g/mol. The van der Waals surface area contributed by atoms with E-state index < -0.39 is 0 Å². The summed E-state index contributed by atoms with van der Waals surface area (Å²) in [5, 5.41) is 4.36. The third-order valence-electron chi connectivity index (χ3n) is 5.66. The fraction of sp³-hybridized carbons (Fsp3) is 0.789. The SMILES string of the molecule is NCC1(CC(=O)NCCCc2nc3c(s2)CCCC3)CCCCC1. The molecule has 5 heteroatoms. The maximum absolute atomic E-state index is 12.3. The smallest absolute Gasteiger partial charge is 0.220 e. The van der Waals surface area contributed by atoms with Crippen molar-refractivity contribution >= 4 is 17.2 Å². The van der Waals surface area contributed by atoms with Gasteiger partial charge in [0.15, 0.2) is 0 Å². The molecular formula is C19H31N3OS. The lowest BCUT2D eigenvalue weighted by Gasteiger charge is -2.35. The van der Waals surface area contributed by atoms with Gasteiger partial charge in [-0.05, 0) is 56.9 Å². The number of nitrogens with two attached hydrogens (primary N) is 1. The van der Waals surface area contributed by atoms with E-state index in [1.54, 1.807) is 0 Å². The molecule has 0 spiro atoms. The highest BCUT2D eigenvalue weighted by Gasteiger charge is 2.32. The van der Waals surface area contributed by atoms with Crippen molar-refractivity contribution in [3.05, 3.63) is 15.6 Å². The van der Waals surface area contributed by atoms with Gasteiger partial charge in [-0.25, -0.2) is 4.98 Å². The molecule has 0 aromatic carbocycles. The number of nitrogens with zero attached hydrogens (tertiary/aromatic N) is 1. The van der Waals surface area contributed by atoms with Crippen LogP contribution in [-0.4, -0.2) is 24.0 Å². The van der Waals surface area contributed by atoms with Gasteiger partial charge in [0, 0.05) is 24.3 Å². The summed E-state index contributed by atoms with van der Waals surface area (Å²) in [5.74, 6) is 0.181. The monoisotopic (exact) mass is 349 g/mol. The normalized spacial score (nSPS) is 19.7. The predicted molar refractivity (Wildman–Crippen MR) is 99.3 cm³/mol. The molecule has 2 aliphatic carbocycles. The van der Waals surface area contributed by atoms with E-state index in [-0.39, 0.29) is 11.3 Å². The minimum Gasteiger partial charge on any atom is -0.356 e. The molecule has 4 nitrogen and oxygen atoms in total. The molecule has 0 unspecified atom stereocenters. The van der Waals surface area contributed by atoms with Crippen LogP contribution in [0.1, 0.15) is 73.4 Å². The van der Waals surface area contributed by atoms with Crippen LogP contribution in [0.2, 0.25) is 0 Å². The highest BCUT2D eigenvalue weighted by molar-refractivity contribution is 7.11. The molecule has 3 rings (SSSR count). The molecule has 0 bridgehead atoms. The van der Waals surface area contributed by atoms with Gasteiger partial charge in [0.05, 0.1) is 10.7 Å². The zero-order valence-electron chi connectivity index (χ0n) is 14.7. The summed E-state index contributed by atoms with van der Waals surface area (Å²) in [6.07, 6.45) is 13.5. The maximum Gasteiger partial charge on any atom is 0.220 e. The highest BCUT2D eigenvalue weighted by atomic mass is 32.1. The summed E-state index contributed by atoms with van der Waals surface area (Å²) >= 11 is 1.89. The van der Waals surface area contributed by atoms with E-state index in [4.69, 9.17) is 10.7 Å². The zero-order valence-corrected chi connectivity index (χ0v) is 15.6. The second-order valence-electron chi connectivity index (χ2n) is 7.58. The van der Waals surface area contributed by atoms with Crippen LogP contribution in [0.25, 0.3) is 0 Å². The Balaban J connectivity index is 1.38. The molecule has 1 fully saturated rings. The molecule has 0 aliphatic heterocycles. The third-order valence-corrected chi connectivity index (χ3v) is 6.88. The number of carbonyl (C=O) groups is 1. The number of rotatable bonds is 7. The van der Waals surface area contributed by atoms with Crippen molar-refractivity contribution in [1.29, 1.82) is 0 Å². The zero-order chi connectivity index (χ0) is 16.8. The first-order valence-electron chi connectivity index (χ1n) is 9.65. The largest absolute Gasteiger partial charge is 0.356 e. The highest BCUT2D eigenvalue weighted by Crippen LogP contribution is 2.38. The van der Waals surface area contributed by atoms with Gasteiger partial charge in [0.2, 0.25) is 5.91 Å². The Bertz CT molecular complexity index is 525. The van der Waals surface area contributed by atoms with Gasteiger partial charge in [-0.3, -0.25) is 4.79 Å². The lowest BCUT2D eigenvalue weighted by Crippen LogP contribution is -2.38. The van der Waals surface area contributed by atoms with E-state index in [1.165, 1.54) is 54.1 Å². The average molecular weight is 350 g/mol. The van der Waals surface area contributed by atoms with E-state index >= 15 is 0 Å². The van der Waals surface area contributed by atoms with Crippen LogP contribution in [0.3, 0.4) is 0 Å². The second-order valence-corrected chi connectivity index (χ2v) is 8.75. The number of amides is 1. The van der Waals surface area contributed by atoms with Crippen LogP contribution < -0.4 is 11.1 Å². The fourth-order valence-corrected chi connectivity index (χ4v) is 5.34.